The number of rotatable bonds is 9. The molecule has 1 aromatic carbocycles. The van der Waals surface area contributed by atoms with Crippen LogP contribution in [0.2, 0.25) is 0 Å². The third kappa shape index (κ3) is 5.84. The third-order valence-corrected chi connectivity index (χ3v) is 4.02. The Kier molecular flexibility index (Phi) is 8.24. The van der Waals surface area contributed by atoms with E-state index in [4.69, 9.17) is 4.74 Å². The molecule has 1 unspecified atom stereocenters. The van der Waals surface area contributed by atoms with Gasteiger partial charge < -0.3 is 10.1 Å². The van der Waals surface area contributed by atoms with Gasteiger partial charge in [0, 0.05) is 10.5 Å². The third-order valence-electron chi connectivity index (χ3n) is 3.33. The van der Waals surface area contributed by atoms with Gasteiger partial charge in [0.2, 0.25) is 0 Å². The molecule has 0 aliphatic carbocycles. The average molecular weight is 342 g/mol. The van der Waals surface area contributed by atoms with Gasteiger partial charge >= 0.3 is 0 Å². The number of benzene rings is 1. The van der Waals surface area contributed by atoms with Crippen LogP contribution in [-0.2, 0) is 0 Å². The molecule has 0 aromatic heterocycles. The lowest BCUT2D eigenvalue weighted by atomic mass is 9.97. The van der Waals surface area contributed by atoms with E-state index < -0.39 is 0 Å². The van der Waals surface area contributed by atoms with Crippen LogP contribution in [0.15, 0.2) is 22.7 Å². The normalized spacial score (nSPS) is 12.7. The molecule has 0 saturated carbocycles. The summed E-state index contributed by atoms with van der Waals surface area (Å²) in [7, 11) is 0. The minimum Gasteiger partial charge on any atom is -0.494 e. The lowest BCUT2D eigenvalue weighted by molar-refractivity contribution is 0.339. The molecule has 0 fully saturated rings. The first-order valence-corrected chi connectivity index (χ1v) is 8.53. The minimum absolute atomic E-state index is 0.419. The van der Waals surface area contributed by atoms with E-state index >= 15 is 0 Å². The molecule has 2 nitrogen and oxygen atoms in total. The number of nitrogens with one attached hydrogen (secondary N) is 1. The molecule has 1 rings (SSSR count). The van der Waals surface area contributed by atoms with Crippen molar-refractivity contribution in [2.45, 2.75) is 53.0 Å². The highest BCUT2D eigenvalue weighted by Gasteiger charge is 2.15. The first-order valence-electron chi connectivity index (χ1n) is 7.74. The summed E-state index contributed by atoms with van der Waals surface area (Å²) in [5, 5.41) is 3.66. The van der Waals surface area contributed by atoms with E-state index in [1.165, 1.54) is 18.4 Å². The fraction of sp³-hybridized carbons (Fsp3) is 0.647. The maximum atomic E-state index is 5.55. The average Bonchev–Trinajstić information content (AvgIpc) is 2.40. The molecule has 0 bridgehead atoms. The monoisotopic (exact) mass is 341 g/mol. The van der Waals surface area contributed by atoms with Gasteiger partial charge in [-0.05, 0) is 56.3 Å². The lowest BCUT2D eigenvalue weighted by Crippen LogP contribution is -2.23. The topological polar surface area (TPSA) is 21.3 Å². The first-order chi connectivity index (χ1) is 9.58. The molecule has 3 heteroatoms. The quantitative estimate of drug-likeness (QED) is 0.655. The van der Waals surface area contributed by atoms with Gasteiger partial charge in [0.05, 0.1) is 6.61 Å². The molecule has 1 N–H and O–H groups in total. The van der Waals surface area contributed by atoms with E-state index in [9.17, 15) is 0 Å². The van der Waals surface area contributed by atoms with Crippen molar-refractivity contribution < 1.29 is 4.74 Å². The molecule has 0 amide bonds. The van der Waals surface area contributed by atoms with Crippen molar-refractivity contribution in [3.63, 3.8) is 0 Å². The second-order valence-electron chi connectivity index (χ2n) is 5.59. The summed E-state index contributed by atoms with van der Waals surface area (Å²) in [4.78, 5) is 0. The molecular formula is C17H28BrNO. The van der Waals surface area contributed by atoms with Crippen LogP contribution in [0.25, 0.3) is 0 Å². The first kappa shape index (κ1) is 17.5. The van der Waals surface area contributed by atoms with E-state index in [-0.39, 0.29) is 0 Å². The Labute approximate surface area is 132 Å². The Hall–Kier alpha value is -0.540. The van der Waals surface area contributed by atoms with Crippen LogP contribution < -0.4 is 10.1 Å². The largest absolute Gasteiger partial charge is 0.494 e. The predicted molar refractivity (Wildman–Crippen MR) is 90.4 cm³/mol. The van der Waals surface area contributed by atoms with Gasteiger partial charge in [-0.3, -0.25) is 0 Å². The SMILES string of the molecule is CCCNC(CCC(C)C)c1ccc(OCC)cc1Br. The number of hydrogen-bond donors (Lipinski definition) is 1. The van der Waals surface area contributed by atoms with E-state index in [1.54, 1.807) is 0 Å². The Morgan fingerprint density at radius 1 is 1.20 bits per heavy atom. The Morgan fingerprint density at radius 3 is 2.50 bits per heavy atom. The molecule has 1 aromatic rings. The van der Waals surface area contributed by atoms with Crippen molar-refractivity contribution >= 4 is 15.9 Å². The second-order valence-corrected chi connectivity index (χ2v) is 6.45. The summed E-state index contributed by atoms with van der Waals surface area (Å²) in [6, 6.07) is 6.75. The second kappa shape index (κ2) is 9.41. The van der Waals surface area contributed by atoms with Gasteiger partial charge in [-0.25, -0.2) is 0 Å². The Morgan fingerprint density at radius 2 is 1.95 bits per heavy atom. The van der Waals surface area contributed by atoms with Crippen LogP contribution in [0.3, 0.4) is 0 Å². The highest BCUT2D eigenvalue weighted by Crippen LogP contribution is 2.31. The molecule has 0 saturated heterocycles. The molecule has 20 heavy (non-hydrogen) atoms. The highest BCUT2D eigenvalue weighted by atomic mass is 79.9. The van der Waals surface area contributed by atoms with E-state index in [0.717, 1.165) is 29.1 Å². The van der Waals surface area contributed by atoms with Crippen LogP contribution in [0.4, 0.5) is 0 Å². The molecule has 0 aliphatic heterocycles. The predicted octanol–water partition coefficient (Wildman–Crippen LogP) is 5.32. The summed E-state index contributed by atoms with van der Waals surface area (Å²) in [6.07, 6.45) is 3.57. The van der Waals surface area contributed by atoms with E-state index in [0.29, 0.717) is 12.6 Å². The fourth-order valence-corrected chi connectivity index (χ4v) is 2.87. The van der Waals surface area contributed by atoms with Crippen LogP contribution in [0.1, 0.15) is 58.6 Å². The van der Waals surface area contributed by atoms with Crippen molar-refractivity contribution in [3.05, 3.63) is 28.2 Å². The summed E-state index contributed by atoms with van der Waals surface area (Å²) in [5.41, 5.74) is 1.34. The van der Waals surface area contributed by atoms with Crippen LogP contribution in [0, 0.1) is 5.92 Å². The van der Waals surface area contributed by atoms with Crippen LogP contribution in [-0.4, -0.2) is 13.2 Å². The summed E-state index contributed by atoms with van der Waals surface area (Å²) in [5.74, 6) is 1.67. The highest BCUT2D eigenvalue weighted by molar-refractivity contribution is 9.10. The van der Waals surface area contributed by atoms with Gasteiger partial charge in [-0.1, -0.05) is 42.8 Å². The lowest BCUT2D eigenvalue weighted by Gasteiger charge is -2.22. The summed E-state index contributed by atoms with van der Waals surface area (Å²) < 4.78 is 6.69. The maximum absolute atomic E-state index is 5.55. The van der Waals surface area contributed by atoms with Gasteiger partial charge in [0.25, 0.3) is 0 Å². The fourth-order valence-electron chi connectivity index (χ4n) is 2.23. The molecule has 0 aliphatic rings. The van der Waals surface area contributed by atoms with Crippen molar-refractivity contribution in [1.82, 2.24) is 5.32 Å². The molecule has 114 valence electrons. The van der Waals surface area contributed by atoms with Gasteiger partial charge in [0.1, 0.15) is 5.75 Å². The zero-order chi connectivity index (χ0) is 15.0. The standard InChI is InChI=1S/C17H28BrNO/c1-5-11-19-17(10-7-13(3)4)15-9-8-14(20-6-2)12-16(15)18/h8-9,12-13,17,19H,5-7,10-11H2,1-4H3. The van der Waals surface area contributed by atoms with Crippen molar-refractivity contribution in [2.24, 2.45) is 5.92 Å². The number of hydrogen-bond acceptors (Lipinski definition) is 2. The molecule has 0 heterocycles. The van der Waals surface area contributed by atoms with E-state index in [2.05, 4.69) is 60.2 Å². The maximum Gasteiger partial charge on any atom is 0.120 e. The number of ether oxygens (including phenoxy) is 1. The van der Waals surface area contributed by atoms with Gasteiger partial charge in [0.15, 0.2) is 0 Å². The van der Waals surface area contributed by atoms with Gasteiger partial charge in [-0.2, -0.15) is 0 Å². The van der Waals surface area contributed by atoms with Crippen LogP contribution >= 0.6 is 15.9 Å². The molecule has 0 radical (unpaired) electrons. The number of halogens is 1. The Balaban J connectivity index is 2.82. The minimum atomic E-state index is 0.419. The van der Waals surface area contributed by atoms with Crippen molar-refractivity contribution in [3.8, 4) is 5.75 Å². The van der Waals surface area contributed by atoms with Gasteiger partial charge in [-0.15, -0.1) is 0 Å². The molecule has 0 spiro atoms. The zero-order valence-corrected chi connectivity index (χ0v) is 14.8. The van der Waals surface area contributed by atoms with Crippen molar-refractivity contribution in [1.29, 1.82) is 0 Å². The van der Waals surface area contributed by atoms with Crippen LogP contribution in [0.5, 0.6) is 5.75 Å². The molecular weight excluding hydrogens is 314 g/mol. The van der Waals surface area contributed by atoms with Crippen molar-refractivity contribution in [2.75, 3.05) is 13.2 Å². The Bertz CT molecular complexity index is 393. The molecule has 1 atom stereocenters. The smallest absolute Gasteiger partial charge is 0.120 e. The summed E-state index contributed by atoms with van der Waals surface area (Å²) in [6.45, 7) is 10.5. The zero-order valence-electron chi connectivity index (χ0n) is 13.2. The summed E-state index contributed by atoms with van der Waals surface area (Å²) >= 11 is 3.70. The van der Waals surface area contributed by atoms with E-state index in [1.807, 2.05) is 6.92 Å².